The monoisotopic (exact) mass is 290 g/mol. The summed E-state index contributed by atoms with van der Waals surface area (Å²) in [5.74, 6) is -0.512. The summed E-state index contributed by atoms with van der Waals surface area (Å²) in [5.41, 5.74) is -0.891. The van der Waals surface area contributed by atoms with Crippen LogP contribution in [0.25, 0.3) is 0 Å². The van der Waals surface area contributed by atoms with E-state index in [2.05, 4.69) is 11.4 Å². The maximum atomic E-state index is 13.5. The normalized spacial score (nSPS) is 17.8. The van der Waals surface area contributed by atoms with E-state index in [1.54, 1.807) is 25.1 Å². The van der Waals surface area contributed by atoms with Gasteiger partial charge in [-0.2, -0.15) is 5.26 Å². The summed E-state index contributed by atoms with van der Waals surface area (Å²) in [6.45, 7) is 2.00. The fourth-order valence-corrected chi connectivity index (χ4v) is 2.57. The number of hydrogen-bond acceptors (Lipinski definition) is 3. The molecule has 1 atom stereocenters. The number of hydrogen-bond donors (Lipinski definition) is 1. The van der Waals surface area contributed by atoms with Gasteiger partial charge >= 0.3 is 0 Å². The number of para-hydroxylation sites is 1. The third-order valence-electron chi connectivity index (χ3n) is 3.82. The van der Waals surface area contributed by atoms with Gasteiger partial charge in [-0.25, -0.2) is 4.39 Å². The topological polar surface area (TPSA) is 62.1 Å². The Balaban J connectivity index is 1.87. The first-order valence-electron chi connectivity index (χ1n) is 7.18. The molecule has 0 bridgehead atoms. The molecule has 0 radical (unpaired) electrons. The van der Waals surface area contributed by atoms with Gasteiger partial charge in [0.15, 0.2) is 11.6 Å². The Hall–Kier alpha value is -2.09. The van der Waals surface area contributed by atoms with Crippen molar-refractivity contribution in [3.63, 3.8) is 0 Å². The lowest BCUT2D eigenvalue weighted by atomic mass is 9.87. The van der Waals surface area contributed by atoms with Gasteiger partial charge in [0.25, 0.3) is 0 Å². The predicted octanol–water partition coefficient (Wildman–Crippen LogP) is 2.79. The van der Waals surface area contributed by atoms with Crippen molar-refractivity contribution in [3.8, 4) is 11.8 Å². The average Bonchev–Trinajstić information content (AvgIpc) is 2.97. The van der Waals surface area contributed by atoms with Crippen LogP contribution in [0, 0.1) is 22.6 Å². The molecule has 21 heavy (non-hydrogen) atoms. The highest BCUT2D eigenvalue weighted by Gasteiger charge is 2.41. The third-order valence-corrected chi connectivity index (χ3v) is 3.82. The van der Waals surface area contributed by atoms with Crippen molar-refractivity contribution in [3.05, 3.63) is 30.1 Å². The molecule has 1 fully saturated rings. The fraction of sp³-hybridized carbons (Fsp3) is 0.500. The standard InChI is InChI=1S/C16H19FN2O2/c1-12(21-14-7-3-2-6-13(14)17)10-19-15(20)16(11-18)8-4-5-9-16/h2-3,6-7,12H,4-5,8-10H2,1H3,(H,19,20). The van der Waals surface area contributed by atoms with Crippen LogP contribution in [-0.4, -0.2) is 18.6 Å². The zero-order valence-corrected chi connectivity index (χ0v) is 12.1. The molecule has 1 aromatic carbocycles. The molecule has 0 spiro atoms. The number of rotatable bonds is 5. The van der Waals surface area contributed by atoms with Gasteiger partial charge in [-0.3, -0.25) is 4.79 Å². The second-order valence-electron chi connectivity index (χ2n) is 5.47. The van der Waals surface area contributed by atoms with Crippen LogP contribution in [0.2, 0.25) is 0 Å². The minimum absolute atomic E-state index is 0.162. The Labute approximate surface area is 123 Å². The van der Waals surface area contributed by atoms with Crippen LogP contribution in [0.15, 0.2) is 24.3 Å². The summed E-state index contributed by atoms with van der Waals surface area (Å²) in [4.78, 5) is 12.2. The molecule has 1 amide bonds. The first-order chi connectivity index (χ1) is 10.1. The van der Waals surface area contributed by atoms with Crippen molar-refractivity contribution in [2.75, 3.05) is 6.54 Å². The number of benzene rings is 1. The second-order valence-corrected chi connectivity index (χ2v) is 5.47. The molecule has 0 aromatic heterocycles. The van der Waals surface area contributed by atoms with Crippen LogP contribution in [0.1, 0.15) is 32.6 Å². The van der Waals surface area contributed by atoms with E-state index in [1.807, 2.05) is 0 Å². The van der Waals surface area contributed by atoms with Crippen molar-refractivity contribution in [1.29, 1.82) is 5.26 Å². The Bertz CT molecular complexity index is 547. The lowest BCUT2D eigenvalue weighted by Crippen LogP contribution is -2.42. The van der Waals surface area contributed by atoms with Gasteiger partial charge < -0.3 is 10.1 Å². The van der Waals surface area contributed by atoms with Gasteiger partial charge in [0, 0.05) is 0 Å². The smallest absolute Gasteiger partial charge is 0.240 e. The van der Waals surface area contributed by atoms with Gasteiger partial charge in [-0.1, -0.05) is 25.0 Å². The van der Waals surface area contributed by atoms with Crippen molar-refractivity contribution >= 4 is 5.91 Å². The van der Waals surface area contributed by atoms with E-state index in [0.717, 1.165) is 12.8 Å². The molecule has 1 saturated carbocycles. The second kappa shape index (κ2) is 6.57. The molecule has 0 saturated heterocycles. The number of carbonyl (C=O) groups excluding carboxylic acids is 1. The number of halogens is 1. The first-order valence-corrected chi connectivity index (χ1v) is 7.18. The van der Waals surface area contributed by atoms with Gasteiger partial charge in [0.05, 0.1) is 12.6 Å². The lowest BCUT2D eigenvalue weighted by molar-refractivity contribution is -0.128. The average molecular weight is 290 g/mol. The lowest BCUT2D eigenvalue weighted by Gasteiger charge is -2.21. The highest BCUT2D eigenvalue weighted by atomic mass is 19.1. The Morgan fingerprint density at radius 1 is 1.48 bits per heavy atom. The zero-order valence-electron chi connectivity index (χ0n) is 12.1. The zero-order chi connectivity index (χ0) is 15.3. The minimum atomic E-state index is -0.891. The van der Waals surface area contributed by atoms with E-state index in [1.165, 1.54) is 6.07 Å². The van der Waals surface area contributed by atoms with Gasteiger partial charge in [-0.05, 0) is 31.9 Å². The summed E-state index contributed by atoms with van der Waals surface area (Å²) in [6.07, 6.45) is 2.66. The van der Waals surface area contributed by atoms with E-state index in [-0.39, 0.29) is 24.3 Å². The largest absolute Gasteiger partial charge is 0.486 e. The SMILES string of the molecule is CC(CNC(=O)C1(C#N)CCCC1)Oc1ccccc1F. The summed E-state index contributed by atoms with van der Waals surface area (Å²) in [5, 5.41) is 12.0. The van der Waals surface area contributed by atoms with Crippen molar-refractivity contribution in [1.82, 2.24) is 5.32 Å². The maximum absolute atomic E-state index is 13.5. The Kier molecular flexibility index (Phi) is 4.79. The van der Waals surface area contributed by atoms with E-state index >= 15 is 0 Å². The van der Waals surface area contributed by atoms with Crippen LogP contribution in [0.4, 0.5) is 4.39 Å². The number of nitrogens with zero attached hydrogens (tertiary/aromatic N) is 1. The number of nitriles is 1. The number of nitrogens with one attached hydrogen (secondary N) is 1. The summed E-state index contributed by atoms with van der Waals surface area (Å²) in [7, 11) is 0. The van der Waals surface area contributed by atoms with Crippen molar-refractivity contribution in [2.24, 2.45) is 5.41 Å². The quantitative estimate of drug-likeness (QED) is 0.907. The fourth-order valence-electron chi connectivity index (χ4n) is 2.57. The molecule has 112 valence electrons. The molecule has 5 heteroatoms. The van der Waals surface area contributed by atoms with Crippen LogP contribution >= 0.6 is 0 Å². The number of ether oxygens (including phenoxy) is 1. The van der Waals surface area contributed by atoms with Crippen LogP contribution < -0.4 is 10.1 Å². The van der Waals surface area contributed by atoms with Gasteiger partial charge in [0.1, 0.15) is 11.5 Å². The molecule has 2 rings (SSSR count). The summed E-state index contributed by atoms with van der Waals surface area (Å²) in [6, 6.07) is 8.29. The molecule has 1 aliphatic rings. The van der Waals surface area contributed by atoms with E-state index < -0.39 is 11.2 Å². The number of carbonyl (C=O) groups is 1. The highest BCUT2D eigenvalue weighted by Crippen LogP contribution is 2.37. The Morgan fingerprint density at radius 2 is 2.14 bits per heavy atom. The maximum Gasteiger partial charge on any atom is 0.240 e. The summed E-state index contributed by atoms with van der Waals surface area (Å²) < 4.78 is 18.9. The van der Waals surface area contributed by atoms with Gasteiger partial charge in [0.2, 0.25) is 5.91 Å². The van der Waals surface area contributed by atoms with E-state index in [0.29, 0.717) is 12.8 Å². The predicted molar refractivity (Wildman–Crippen MR) is 76.0 cm³/mol. The first kappa shape index (κ1) is 15.3. The Morgan fingerprint density at radius 3 is 2.76 bits per heavy atom. The van der Waals surface area contributed by atoms with Crippen LogP contribution in [-0.2, 0) is 4.79 Å². The van der Waals surface area contributed by atoms with E-state index in [9.17, 15) is 14.4 Å². The highest BCUT2D eigenvalue weighted by molar-refractivity contribution is 5.85. The molecule has 1 aromatic rings. The molecular weight excluding hydrogens is 271 g/mol. The molecule has 0 aliphatic heterocycles. The van der Waals surface area contributed by atoms with E-state index in [4.69, 9.17) is 4.74 Å². The molecular formula is C16H19FN2O2. The molecule has 0 heterocycles. The summed E-state index contributed by atoms with van der Waals surface area (Å²) >= 11 is 0. The molecule has 1 aliphatic carbocycles. The van der Waals surface area contributed by atoms with Crippen molar-refractivity contribution < 1.29 is 13.9 Å². The van der Waals surface area contributed by atoms with Crippen molar-refractivity contribution in [2.45, 2.75) is 38.7 Å². The van der Waals surface area contributed by atoms with Crippen LogP contribution in [0.3, 0.4) is 0 Å². The van der Waals surface area contributed by atoms with Gasteiger partial charge in [-0.15, -0.1) is 0 Å². The number of amides is 1. The minimum Gasteiger partial charge on any atom is -0.486 e. The molecule has 1 unspecified atom stereocenters. The molecule has 4 nitrogen and oxygen atoms in total. The third kappa shape index (κ3) is 3.52. The van der Waals surface area contributed by atoms with Crippen LogP contribution in [0.5, 0.6) is 5.75 Å². The molecule has 1 N–H and O–H groups in total.